The molecule has 4 fully saturated rings. The number of nitrogens with zero attached hydrogens (tertiary/aromatic N) is 5. The number of benzene rings is 1. The van der Waals surface area contributed by atoms with Gasteiger partial charge in [-0.25, -0.2) is 14.1 Å². The van der Waals surface area contributed by atoms with Crippen molar-refractivity contribution in [1.82, 2.24) is 24.5 Å². The highest BCUT2D eigenvalue weighted by atomic mass is 79.9. The molecule has 0 spiro atoms. The second-order valence-electron chi connectivity index (χ2n) is 9.98. The third-order valence-electron chi connectivity index (χ3n) is 7.73. The number of carbonyl (C=O) groups is 1. The van der Waals surface area contributed by atoms with Gasteiger partial charge >= 0.3 is 0 Å². The van der Waals surface area contributed by atoms with Crippen molar-refractivity contribution in [3.63, 3.8) is 0 Å². The first kappa shape index (κ1) is 21.3. The number of hydrogen-bond donors (Lipinski definition) is 1. The molecule has 4 aliphatic rings. The normalized spacial score (nSPS) is 30.0. The Bertz CT molecular complexity index is 1210. The van der Waals surface area contributed by atoms with E-state index >= 15 is 0 Å². The van der Waals surface area contributed by atoms with Crippen molar-refractivity contribution >= 4 is 39.3 Å². The van der Waals surface area contributed by atoms with Crippen LogP contribution in [0.4, 0.5) is 10.2 Å². The Hall–Kier alpha value is -2.26. The van der Waals surface area contributed by atoms with E-state index in [1.165, 1.54) is 12.5 Å². The molecule has 0 radical (unpaired) electrons. The Morgan fingerprint density at radius 1 is 1.21 bits per heavy atom. The summed E-state index contributed by atoms with van der Waals surface area (Å²) in [5.74, 6) is 1.15. The summed E-state index contributed by atoms with van der Waals surface area (Å²) in [6.45, 7) is 0.195. The quantitative estimate of drug-likeness (QED) is 0.500. The van der Waals surface area contributed by atoms with Crippen LogP contribution in [0, 0.1) is 23.1 Å². The van der Waals surface area contributed by atoms with E-state index in [0.29, 0.717) is 33.0 Å². The molecule has 10 heteroatoms. The van der Waals surface area contributed by atoms with Crippen molar-refractivity contribution in [2.24, 2.45) is 17.3 Å². The van der Waals surface area contributed by atoms with E-state index in [4.69, 9.17) is 11.6 Å². The summed E-state index contributed by atoms with van der Waals surface area (Å²) >= 11 is 9.52. The topological polar surface area (TPSA) is 77.6 Å². The second-order valence-corrected chi connectivity index (χ2v) is 11.1. The highest BCUT2D eigenvalue weighted by molar-refractivity contribution is 9.10. The van der Waals surface area contributed by atoms with Crippen LogP contribution in [0.2, 0.25) is 5.02 Å². The van der Waals surface area contributed by atoms with Crippen molar-refractivity contribution < 1.29 is 9.18 Å². The zero-order chi connectivity index (χ0) is 22.8. The molecule has 2 atom stereocenters. The maximum Gasteiger partial charge on any atom is 0.231 e. The summed E-state index contributed by atoms with van der Waals surface area (Å²) in [4.78, 5) is 17.9. The Kier molecular flexibility index (Phi) is 4.92. The second kappa shape index (κ2) is 7.63. The molecular formula is C23H23BrClFN6O. The van der Waals surface area contributed by atoms with Gasteiger partial charge in [-0.1, -0.05) is 17.7 Å². The smallest absolute Gasteiger partial charge is 0.231 e. The minimum absolute atomic E-state index is 0.0225. The lowest BCUT2D eigenvalue weighted by Gasteiger charge is -2.60. The van der Waals surface area contributed by atoms with Crippen LogP contribution >= 0.6 is 27.5 Å². The lowest BCUT2D eigenvalue weighted by Crippen LogP contribution is -2.60. The van der Waals surface area contributed by atoms with Crippen molar-refractivity contribution in [3.8, 4) is 0 Å². The number of anilines is 1. The van der Waals surface area contributed by atoms with E-state index in [1.807, 2.05) is 4.68 Å². The molecule has 0 saturated heterocycles. The Morgan fingerprint density at radius 2 is 2.00 bits per heavy atom. The molecule has 7 rings (SSSR count). The van der Waals surface area contributed by atoms with Gasteiger partial charge in [0.15, 0.2) is 5.82 Å². The van der Waals surface area contributed by atoms with Crippen LogP contribution in [0.5, 0.6) is 0 Å². The molecule has 1 aromatic carbocycles. The van der Waals surface area contributed by atoms with E-state index in [2.05, 4.69) is 36.4 Å². The van der Waals surface area contributed by atoms with E-state index in [-0.39, 0.29) is 23.8 Å². The van der Waals surface area contributed by atoms with Crippen LogP contribution < -0.4 is 5.32 Å². The summed E-state index contributed by atoms with van der Waals surface area (Å²) < 4.78 is 18.3. The molecule has 2 unspecified atom stereocenters. The molecule has 1 N–H and O–H groups in total. The van der Waals surface area contributed by atoms with Crippen LogP contribution in [-0.4, -0.2) is 30.5 Å². The number of rotatable bonds is 5. The highest BCUT2D eigenvalue weighted by Gasteiger charge is 2.61. The first-order chi connectivity index (χ1) is 15.8. The van der Waals surface area contributed by atoms with Crippen LogP contribution in [0.1, 0.15) is 44.1 Å². The molecule has 1 amide bonds. The number of amides is 1. The van der Waals surface area contributed by atoms with Gasteiger partial charge in [-0.2, -0.15) is 5.10 Å². The molecular weight excluding hydrogens is 511 g/mol. The lowest BCUT2D eigenvalue weighted by molar-refractivity contribution is -0.150. The molecule has 0 aliphatic heterocycles. The summed E-state index contributed by atoms with van der Waals surface area (Å²) in [6, 6.07) is 6.36. The number of hydrogen-bond acceptors (Lipinski definition) is 4. The summed E-state index contributed by atoms with van der Waals surface area (Å²) in [5, 5.41) is 12.4. The van der Waals surface area contributed by atoms with Crippen molar-refractivity contribution in [2.45, 2.75) is 50.6 Å². The van der Waals surface area contributed by atoms with E-state index in [1.54, 1.807) is 35.4 Å². The average molecular weight is 534 g/mol. The third-order valence-corrected chi connectivity index (χ3v) is 8.44. The van der Waals surface area contributed by atoms with Gasteiger partial charge < -0.3 is 5.32 Å². The fourth-order valence-electron chi connectivity index (χ4n) is 6.83. The Balaban J connectivity index is 1.22. The largest absolute Gasteiger partial charge is 0.309 e. The molecule has 2 aromatic heterocycles. The van der Waals surface area contributed by atoms with Gasteiger partial charge in [0, 0.05) is 22.8 Å². The first-order valence-corrected chi connectivity index (χ1v) is 12.4. The third kappa shape index (κ3) is 3.60. The van der Waals surface area contributed by atoms with Crippen molar-refractivity contribution in [2.75, 3.05) is 5.32 Å². The SMILES string of the molecule is O=C(Nc1ccn(Cc2c(F)cccc2Cl)n1)C12CC3CC(C1)CC(n1cnc(Br)n1)(C3)C2. The predicted octanol–water partition coefficient (Wildman–Crippen LogP) is 5.01. The van der Waals surface area contributed by atoms with Crippen molar-refractivity contribution in [1.29, 1.82) is 0 Å². The van der Waals surface area contributed by atoms with Gasteiger partial charge in [0.05, 0.1) is 17.5 Å². The molecule has 4 saturated carbocycles. The van der Waals surface area contributed by atoms with Crippen LogP contribution in [-0.2, 0) is 16.9 Å². The maximum absolute atomic E-state index is 14.1. The van der Waals surface area contributed by atoms with Gasteiger partial charge in [0.2, 0.25) is 10.6 Å². The number of aromatic nitrogens is 5. The highest BCUT2D eigenvalue weighted by Crippen LogP contribution is 2.64. The standard InChI is InChI=1S/C23H23BrClFN6O/c24-21-27-13-32(30-21)23-9-14-6-15(10-23)8-22(7-14,12-23)20(33)28-19-4-5-31(29-19)11-16-17(25)2-1-3-18(16)26/h1-5,13-15H,6-12H2,(H,28,29,33). The fraction of sp³-hybridized carbons (Fsp3) is 0.478. The molecule has 7 nitrogen and oxygen atoms in total. The number of halogens is 3. The fourth-order valence-corrected chi connectivity index (χ4v) is 7.32. The zero-order valence-corrected chi connectivity index (χ0v) is 20.2. The van der Waals surface area contributed by atoms with Gasteiger partial charge in [-0.05, 0) is 78.4 Å². The van der Waals surface area contributed by atoms with Gasteiger partial charge in [0.25, 0.3) is 0 Å². The van der Waals surface area contributed by atoms with Crippen LogP contribution in [0.15, 0.2) is 41.5 Å². The van der Waals surface area contributed by atoms with Crippen LogP contribution in [0.3, 0.4) is 0 Å². The molecule has 33 heavy (non-hydrogen) atoms. The minimum atomic E-state index is -0.429. The lowest BCUT2D eigenvalue weighted by atomic mass is 9.46. The Morgan fingerprint density at radius 3 is 2.70 bits per heavy atom. The van der Waals surface area contributed by atoms with Gasteiger partial charge in [-0.15, -0.1) is 5.10 Å². The predicted molar refractivity (Wildman–Crippen MR) is 124 cm³/mol. The number of nitrogens with one attached hydrogen (secondary N) is 1. The summed E-state index contributed by atoms with van der Waals surface area (Å²) in [5.41, 5.74) is -0.204. The average Bonchev–Trinajstić information content (AvgIpc) is 3.39. The molecule has 172 valence electrons. The maximum atomic E-state index is 14.1. The van der Waals surface area contributed by atoms with Crippen molar-refractivity contribution in [3.05, 3.63) is 57.9 Å². The van der Waals surface area contributed by atoms with Gasteiger partial charge in [0.1, 0.15) is 12.1 Å². The zero-order valence-electron chi connectivity index (χ0n) is 17.8. The monoisotopic (exact) mass is 532 g/mol. The van der Waals surface area contributed by atoms with Gasteiger partial charge in [-0.3, -0.25) is 9.48 Å². The van der Waals surface area contributed by atoms with E-state index in [9.17, 15) is 9.18 Å². The van der Waals surface area contributed by atoms with E-state index < -0.39 is 5.41 Å². The summed E-state index contributed by atoms with van der Waals surface area (Å²) in [7, 11) is 0. The molecule has 3 aromatic rings. The molecule has 4 aliphatic carbocycles. The molecule has 4 bridgehead atoms. The number of carbonyl (C=O) groups excluding carboxylic acids is 1. The Labute approximate surface area is 203 Å². The minimum Gasteiger partial charge on any atom is -0.309 e. The first-order valence-electron chi connectivity index (χ1n) is 11.2. The van der Waals surface area contributed by atoms with Crippen LogP contribution in [0.25, 0.3) is 0 Å². The molecule has 2 heterocycles. The summed E-state index contributed by atoms with van der Waals surface area (Å²) in [6.07, 6.45) is 9.37. The van der Waals surface area contributed by atoms with E-state index in [0.717, 1.165) is 32.1 Å².